The molecule has 0 radical (unpaired) electrons. The maximum Gasteiger partial charge on any atom is 0.229 e. The molecular formula is C24H20N2O2. The van der Waals surface area contributed by atoms with E-state index in [1.54, 1.807) is 0 Å². The fraction of sp³-hybridized carbons (Fsp3) is 0.167. The summed E-state index contributed by atoms with van der Waals surface area (Å²) in [6, 6.07) is 20.1. The highest BCUT2D eigenvalue weighted by Gasteiger charge is 2.31. The third kappa shape index (κ3) is 2.69. The lowest BCUT2D eigenvalue weighted by atomic mass is 9.81. The third-order valence-corrected chi connectivity index (χ3v) is 5.55. The first kappa shape index (κ1) is 16.8. The van der Waals surface area contributed by atoms with Gasteiger partial charge in [0.15, 0.2) is 5.78 Å². The normalized spacial score (nSPS) is 16.3. The molecule has 0 spiro atoms. The van der Waals surface area contributed by atoms with Gasteiger partial charge in [-0.25, -0.2) is 4.98 Å². The van der Waals surface area contributed by atoms with Gasteiger partial charge in [0, 0.05) is 12.0 Å². The Morgan fingerprint density at radius 1 is 1.04 bits per heavy atom. The van der Waals surface area contributed by atoms with Crippen LogP contribution in [0.5, 0.6) is 0 Å². The predicted octanol–water partition coefficient (Wildman–Crippen LogP) is 5.30. The van der Waals surface area contributed by atoms with E-state index in [4.69, 9.17) is 15.1 Å². The number of carbonyl (C=O) groups excluding carboxylic acids is 1. The molecule has 1 aliphatic rings. The Labute approximate surface area is 163 Å². The van der Waals surface area contributed by atoms with Gasteiger partial charge in [0.25, 0.3) is 0 Å². The SMILES string of the molecule is Cc1ccc(-c2cc3c(N)c4c(nc3o2)C[C@H](c2ccccc2)CC4=O)cc1. The molecule has 1 aliphatic carbocycles. The van der Waals surface area contributed by atoms with Crippen LogP contribution in [0, 0.1) is 6.92 Å². The molecule has 4 nitrogen and oxygen atoms in total. The van der Waals surface area contributed by atoms with Crippen LogP contribution in [-0.2, 0) is 6.42 Å². The van der Waals surface area contributed by atoms with Gasteiger partial charge >= 0.3 is 0 Å². The molecule has 0 fully saturated rings. The van der Waals surface area contributed by atoms with E-state index in [1.807, 2.05) is 55.5 Å². The van der Waals surface area contributed by atoms with Crippen LogP contribution < -0.4 is 5.73 Å². The van der Waals surface area contributed by atoms with Crippen LogP contribution in [0.4, 0.5) is 5.69 Å². The van der Waals surface area contributed by atoms with Crippen LogP contribution in [0.15, 0.2) is 65.1 Å². The summed E-state index contributed by atoms with van der Waals surface area (Å²) in [4.78, 5) is 17.6. The quantitative estimate of drug-likeness (QED) is 0.521. The fourth-order valence-corrected chi connectivity index (χ4v) is 4.04. The summed E-state index contributed by atoms with van der Waals surface area (Å²) in [7, 11) is 0. The van der Waals surface area contributed by atoms with Gasteiger partial charge in [-0.05, 0) is 30.9 Å². The first-order valence-electron chi connectivity index (χ1n) is 9.47. The van der Waals surface area contributed by atoms with E-state index in [1.165, 1.54) is 5.56 Å². The molecule has 0 amide bonds. The minimum atomic E-state index is 0.0556. The number of carbonyl (C=O) groups is 1. The summed E-state index contributed by atoms with van der Waals surface area (Å²) in [5.41, 5.74) is 12.0. The molecule has 4 aromatic rings. The Morgan fingerprint density at radius 3 is 2.54 bits per heavy atom. The highest BCUT2D eigenvalue weighted by molar-refractivity contribution is 6.09. The minimum Gasteiger partial charge on any atom is -0.438 e. The van der Waals surface area contributed by atoms with Gasteiger partial charge in [0.2, 0.25) is 5.71 Å². The van der Waals surface area contributed by atoms with E-state index in [0.29, 0.717) is 41.0 Å². The van der Waals surface area contributed by atoms with Gasteiger partial charge in [-0.1, -0.05) is 60.2 Å². The molecule has 0 saturated heterocycles. The average Bonchev–Trinajstić information content (AvgIpc) is 3.13. The number of aromatic nitrogens is 1. The number of hydrogen-bond donors (Lipinski definition) is 1. The second-order valence-corrected chi connectivity index (χ2v) is 7.48. The van der Waals surface area contributed by atoms with Crippen molar-refractivity contribution < 1.29 is 9.21 Å². The highest BCUT2D eigenvalue weighted by Crippen LogP contribution is 2.39. The molecule has 0 unspecified atom stereocenters. The number of rotatable bonds is 2. The summed E-state index contributed by atoms with van der Waals surface area (Å²) in [6.45, 7) is 2.05. The van der Waals surface area contributed by atoms with Crippen LogP contribution >= 0.6 is 0 Å². The molecule has 2 aromatic heterocycles. The molecule has 0 bridgehead atoms. The van der Waals surface area contributed by atoms with Gasteiger partial charge in [-0.2, -0.15) is 0 Å². The van der Waals surface area contributed by atoms with Gasteiger partial charge in [-0.3, -0.25) is 4.79 Å². The monoisotopic (exact) mass is 368 g/mol. The van der Waals surface area contributed by atoms with E-state index in [0.717, 1.165) is 16.8 Å². The number of hydrogen-bond acceptors (Lipinski definition) is 4. The van der Waals surface area contributed by atoms with Crippen LogP contribution in [-0.4, -0.2) is 10.8 Å². The molecule has 5 rings (SSSR count). The zero-order valence-corrected chi connectivity index (χ0v) is 15.6. The largest absolute Gasteiger partial charge is 0.438 e. The topological polar surface area (TPSA) is 69.1 Å². The number of nitrogen functional groups attached to an aromatic ring is 1. The lowest BCUT2D eigenvalue weighted by Crippen LogP contribution is -2.21. The van der Waals surface area contributed by atoms with Crippen LogP contribution in [0.3, 0.4) is 0 Å². The maximum absolute atomic E-state index is 12.9. The molecule has 4 heteroatoms. The molecule has 0 aliphatic heterocycles. The number of pyridine rings is 1. The van der Waals surface area contributed by atoms with Crippen molar-refractivity contribution in [3.8, 4) is 11.3 Å². The van der Waals surface area contributed by atoms with Crippen LogP contribution in [0.25, 0.3) is 22.4 Å². The molecule has 1 atom stereocenters. The van der Waals surface area contributed by atoms with Crippen LogP contribution in [0.1, 0.15) is 39.5 Å². The van der Waals surface area contributed by atoms with Crippen molar-refractivity contribution in [2.75, 3.05) is 5.73 Å². The van der Waals surface area contributed by atoms with E-state index in [9.17, 15) is 4.79 Å². The molecule has 2 N–H and O–H groups in total. The maximum atomic E-state index is 12.9. The van der Waals surface area contributed by atoms with Crippen molar-refractivity contribution in [3.05, 3.63) is 83.0 Å². The summed E-state index contributed by atoms with van der Waals surface area (Å²) < 4.78 is 6.01. The molecular weight excluding hydrogens is 348 g/mol. The number of fused-ring (bicyclic) bond motifs is 2. The van der Waals surface area contributed by atoms with Crippen molar-refractivity contribution in [1.82, 2.24) is 4.98 Å². The van der Waals surface area contributed by atoms with E-state index >= 15 is 0 Å². The average molecular weight is 368 g/mol. The van der Waals surface area contributed by atoms with E-state index in [2.05, 4.69) is 12.1 Å². The highest BCUT2D eigenvalue weighted by atomic mass is 16.3. The molecule has 0 saturated carbocycles. The molecule has 28 heavy (non-hydrogen) atoms. The molecule has 2 heterocycles. The number of Topliss-reactive ketones (excluding diaryl/α,β-unsaturated/α-hetero) is 1. The summed E-state index contributed by atoms with van der Waals surface area (Å²) in [5.74, 6) is 0.890. The Balaban J connectivity index is 1.61. The second kappa shape index (κ2) is 6.34. The molecule has 138 valence electrons. The number of anilines is 1. The Kier molecular flexibility index (Phi) is 3.79. The number of benzene rings is 2. The van der Waals surface area contributed by atoms with Crippen molar-refractivity contribution in [1.29, 1.82) is 0 Å². The third-order valence-electron chi connectivity index (χ3n) is 5.55. The number of furan rings is 1. The van der Waals surface area contributed by atoms with Gasteiger partial charge in [0.1, 0.15) is 5.76 Å². The summed E-state index contributed by atoms with van der Waals surface area (Å²) in [5, 5.41) is 0.709. The van der Waals surface area contributed by atoms with Crippen molar-refractivity contribution >= 4 is 22.6 Å². The second-order valence-electron chi connectivity index (χ2n) is 7.48. The van der Waals surface area contributed by atoms with Gasteiger partial charge in [-0.15, -0.1) is 0 Å². The van der Waals surface area contributed by atoms with Crippen molar-refractivity contribution in [3.63, 3.8) is 0 Å². The number of ketones is 1. The van der Waals surface area contributed by atoms with E-state index < -0.39 is 0 Å². The van der Waals surface area contributed by atoms with Gasteiger partial charge in [0.05, 0.1) is 22.3 Å². The number of aryl methyl sites for hydroxylation is 1. The van der Waals surface area contributed by atoms with E-state index in [-0.39, 0.29) is 11.7 Å². The first-order chi connectivity index (χ1) is 13.6. The zero-order chi connectivity index (χ0) is 19.3. The standard InChI is InChI=1S/C24H20N2O2/c1-14-7-9-16(10-8-14)21-13-18-23(25)22-19(26-24(18)28-21)11-17(12-20(22)27)15-5-3-2-4-6-15/h2-10,13,17H,11-12H2,1H3,(H2,25,26)/t17-/m0/s1. The fourth-order valence-electron chi connectivity index (χ4n) is 4.04. The lowest BCUT2D eigenvalue weighted by Gasteiger charge is -2.24. The first-order valence-corrected chi connectivity index (χ1v) is 9.47. The number of nitrogens with two attached hydrogens (primary N) is 1. The van der Waals surface area contributed by atoms with Crippen molar-refractivity contribution in [2.45, 2.75) is 25.7 Å². The van der Waals surface area contributed by atoms with Crippen LogP contribution in [0.2, 0.25) is 0 Å². The van der Waals surface area contributed by atoms with Gasteiger partial charge < -0.3 is 10.2 Å². The summed E-state index contributed by atoms with van der Waals surface area (Å²) in [6.07, 6.45) is 1.14. The van der Waals surface area contributed by atoms with Crippen molar-refractivity contribution in [2.24, 2.45) is 0 Å². The number of nitrogens with zero attached hydrogens (tertiary/aromatic N) is 1. The Hall–Kier alpha value is -3.40. The summed E-state index contributed by atoms with van der Waals surface area (Å²) >= 11 is 0. The zero-order valence-electron chi connectivity index (χ0n) is 15.6. The minimum absolute atomic E-state index is 0.0556. The lowest BCUT2D eigenvalue weighted by molar-refractivity contribution is 0.0964. The smallest absolute Gasteiger partial charge is 0.229 e. The Morgan fingerprint density at radius 2 is 1.79 bits per heavy atom. The predicted molar refractivity (Wildman–Crippen MR) is 110 cm³/mol. The Bertz CT molecular complexity index is 1190. The molecule has 2 aromatic carbocycles.